The van der Waals surface area contributed by atoms with Gasteiger partial charge in [-0.05, 0) is 32.6 Å². The summed E-state index contributed by atoms with van der Waals surface area (Å²) in [5.41, 5.74) is 0.269. The van der Waals surface area contributed by atoms with Gasteiger partial charge in [-0.1, -0.05) is 31.9 Å². The van der Waals surface area contributed by atoms with E-state index in [2.05, 4.69) is 11.8 Å². The van der Waals surface area contributed by atoms with Crippen molar-refractivity contribution < 1.29 is 19.1 Å². The van der Waals surface area contributed by atoms with Crippen molar-refractivity contribution in [2.45, 2.75) is 39.2 Å². The monoisotopic (exact) mass is 343 g/mol. The highest BCUT2D eigenvalue weighted by Gasteiger charge is 2.18. The van der Waals surface area contributed by atoms with Crippen molar-refractivity contribution in [3.8, 4) is 5.75 Å². The van der Waals surface area contributed by atoms with Gasteiger partial charge in [-0.15, -0.1) is 12.4 Å². The van der Waals surface area contributed by atoms with E-state index in [0.29, 0.717) is 6.61 Å². The summed E-state index contributed by atoms with van der Waals surface area (Å²) in [4.78, 5) is 25.4. The molecule has 0 spiro atoms. The number of para-hydroxylation sites is 1. The molecule has 6 heteroatoms. The van der Waals surface area contributed by atoms with Gasteiger partial charge in [0.05, 0.1) is 0 Å². The standard InChI is InChI=1S/C17H25NO4.ClH/c1-5-6-9-14(18(3)4)12-21-17(20)15-10-7-8-11-16(15)22-13(2)19;/h7-8,10-11,14H,5-6,9,12H2,1-4H3;1H. The first-order valence-corrected chi connectivity index (χ1v) is 7.56. The summed E-state index contributed by atoms with van der Waals surface area (Å²) in [6, 6.07) is 6.78. The number of unbranched alkanes of at least 4 members (excludes halogenated alkanes) is 1. The zero-order chi connectivity index (χ0) is 16.5. The van der Waals surface area contributed by atoms with Crippen LogP contribution in [0.1, 0.15) is 43.5 Å². The first kappa shape index (κ1) is 21.4. The zero-order valence-electron chi connectivity index (χ0n) is 14.2. The van der Waals surface area contributed by atoms with Crippen LogP contribution in [-0.2, 0) is 9.53 Å². The Hall–Kier alpha value is -1.59. The Morgan fingerprint density at radius 3 is 2.43 bits per heavy atom. The fourth-order valence-corrected chi connectivity index (χ4v) is 2.06. The Labute approximate surface area is 144 Å². The molecule has 0 fully saturated rings. The van der Waals surface area contributed by atoms with Crippen LogP contribution >= 0.6 is 12.4 Å². The lowest BCUT2D eigenvalue weighted by atomic mass is 10.1. The molecule has 1 aromatic carbocycles. The van der Waals surface area contributed by atoms with E-state index in [9.17, 15) is 9.59 Å². The fourth-order valence-electron chi connectivity index (χ4n) is 2.06. The van der Waals surface area contributed by atoms with E-state index >= 15 is 0 Å². The van der Waals surface area contributed by atoms with Crippen LogP contribution in [0.15, 0.2) is 24.3 Å². The Kier molecular flexibility index (Phi) is 10.3. The van der Waals surface area contributed by atoms with E-state index in [0.717, 1.165) is 19.3 Å². The summed E-state index contributed by atoms with van der Waals surface area (Å²) in [5.74, 6) is -0.704. The number of carbonyl (C=O) groups excluding carboxylic acids is 2. The summed E-state index contributed by atoms with van der Waals surface area (Å²) >= 11 is 0. The molecular formula is C17H26ClNO4. The highest BCUT2D eigenvalue weighted by molar-refractivity contribution is 5.93. The number of nitrogens with zero attached hydrogens (tertiary/aromatic N) is 1. The van der Waals surface area contributed by atoms with E-state index in [-0.39, 0.29) is 29.8 Å². The van der Waals surface area contributed by atoms with Crippen LogP contribution in [0, 0.1) is 0 Å². The molecule has 0 radical (unpaired) electrons. The van der Waals surface area contributed by atoms with Crippen molar-refractivity contribution in [2.75, 3.05) is 20.7 Å². The van der Waals surface area contributed by atoms with Gasteiger partial charge in [0.15, 0.2) is 0 Å². The molecule has 0 saturated carbocycles. The fraction of sp³-hybridized carbons (Fsp3) is 0.529. The van der Waals surface area contributed by atoms with Crippen molar-refractivity contribution in [3.05, 3.63) is 29.8 Å². The molecule has 0 aromatic heterocycles. The first-order valence-electron chi connectivity index (χ1n) is 7.56. The number of halogens is 1. The second-order valence-corrected chi connectivity index (χ2v) is 5.45. The number of hydrogen-bond acceptors (Lipinski definition) is 5. The molecule has 0 amide bonds. The SMILES string of the molecule is CCCCC(COC(=O)c1ccccc1OC(C)=O)N(C)C.Cl. The number of rotatable bonds is 8. The van der Waals surface area contributed by atoms with Gasteiger partial charge in [0, 0.05) is 13.0 Å². The number of likely N-dealkylation sites (N-methyl/N-ethyl adjacent to an activating group) is 1. The molecule has 5 nitrogen and oxygen atoms in total. The molecule has 1 aromatic rings. The summed E-state index contributed by atoms with van der Waals surface area (Å²) in [5, 5.41) is 0. The number of hydrogen-bond donors (Lipinski definition) is 0. The van der Waals surface area contributed by atoms with Gasteiger partial charge in [-0.25, -0.2) is 4.79 Å². The van der Waals surface area contributed by atoms with Gasteiger partial charge in [0.25, 0.3) is 0 Å². The number of esters is 2. The third-order valence-corrected chi connectivity index (χ3v) is 3.39. The molecule has 0 bridgehead atoms. The second kappa shape index (κ2) is 11.0. The van der Waals surface area contributed by atoms with E-state index in [4.69, 9.17) is 9.47 Å². The molecule has 0 aliphatic rings. The van der Waals surface area contributed by atoms with Crippen LogP contribution in [0.4, 0.5) is 0 Å². The van der Waals surface area contributed by atoms with E-state index < -0.39 is 11.9 Å². The third kappa shape index (κ3) is 7.48. The maximum Gasteiger partial charge on any atom is 0.342 e. The summed E-state index contributed by atoms with van der Waals surface area (Å²) in [6.07, 6.45) is 3.17. The molecule has 130 valence electrons. The highest BCUT2D eigenvalue weighted by Crippen LogP contribution is 2.19. The zero-order valence-corrected chi connectivity index (χ0v) is 15.0. The predicted octanol–water partition coefficient (Wildman–Crippen LogP) is 3.31. The van der Waals surface area contributed by atoms with Crippen LogP contribution in [0.5, 0.6) is 5.75 Å². The van der Waals surface area contributed by atoms with Crippen molar-refractivity contribution in [3.63, 3.8) is 0 Å². The lowest BCUT2D eigenvalue weighted by molar-refractivity contribution is -0.131. The molecule has 1 rings (SSSR count). The maximum atomic E-state index is 12.2. The van der Waals surface area contributed by atoms with E-state index in [1.54, 1.807) is 24.3 Å². The Morgan fingerprint density at radius 2 is 1.87 bits per heavy atom. The average Bonchev–Trinajstić information content (AvgIpc) is 2.46. The molecule has 0 aliphatic carbocycles. The van der Waals surface area contributed by atoms with Gasteiger partial charge in [-0.3, -0.25) is 4.79 Å². The minimum Gasteiger partial charge on any atom is -0.460 e. The minimum atomic E-state index is -0.472. The van der Waals surface area contributed by atoms with Crippen molar-refractivity contribution >= 4 is 24.3 Å². The quantitative estimate of drug-likeness (QED) is 0.535. The molecule has 0 saturated heterocycles. The molecule has 0 aliphatic heterocycles. The van der Waals surface area contributed by atoms with Gasteiger partial charge >= 0.3 is 11.9 Å². The Bertz CT molecular complexity index is 505. The van der Waals surface area contributed by atoms with Crippen LogP contribution in [0.25, 0.3) is 0 Å². The van der Waals surface area contributed by atoms with Gasteiger partial charge in [0.1, 0.15) is 17.9 Å². The van der Waals surface area contributed by atoms with E-state index in [1.807, 2.05) is 14.1 Å². The van der Waals surface area contributed by atoms with Crippen molar-refractivity contribution in [1.29, 1.82) is 0 Å². The first-order chi connectivity index (χ1) is 10.5. The van der Waals surface area contributed by atoms with Gasteiger partial charge in [0.2, 0.25) is 0 Å². The number of benzene rings is 1. The molecule has 23 heavy (non-hydrogen) atoms. The smallest absolute Gasteiger partial charge is 0.342 e. The Morgan fingerprint density at radius 1 is 1.22 bits per heavy atom. The topological polar surface area (TPSA) is 55.8 Å². The average molecular weight is 344 g/mol. The third-order valence-electron chi connectivity index (χ3n) is 3.39. The molecular weight excluding hydrogens is 318 g/mol. The lowest BCUT2D eigenvalue weighted by Crippen LogP contribution is -2.33. The largest absolute Gasteiger partial charge is 0.460 e. The molecule has 0 heterocycles. The summed E-state index contributed by atoms with van der Waals surface area (Å²) in [6.45, 7) is 3.75. The van der Waals surface area contributed by atoms with Crippen LogP contribution < -0.4 is 4.74 Å². The van der Waals surface area contributed by atoms with E-state index in [1.165, 1.54) is 6.92 Å². The van der Waals surface area contributed by atoms with Crippen LogP contribution in [0.3, 0.4) is 0 Å². The molecule has 1 atom stereocenters. The number of carbonyl (C=O) groups is 2. The maximum absolute atomic E-state index is 12.2. The number of ether oxygens (including phenoxy) is 2. The van der Waals surface area contributed by atoms with Crippen molar-refractivity contribution in [2.24, 2.45) is 0 Å². The lowest BCUT2D eigenvalue weighted by Gasteiger charge is -2.23. The summed E-state index contributed by atoms with van der Waals surface area (Å²) < 4.78 is 10.4. The predicted molar refractivity (Wildman–Crippen MR) is 92.3 cm³/mol. The van der Waals surface area contributed by atoms with Crippen LogP contribution in [0.2, 0.25) is 0 Å². The normalized spacial score (nSPS) is 11.5. The molecule has 1 unspecified atom stereocenters. The molecule has 0 N–H and O–H groups in total. The Balaban J connectivity index is 0.00000484. The van der Waals surface area contributed by atoms with Crippen LogP contribution in [-0.4, -0.2) is 43.6 Å². The minimum absolute atomic E-state index is 0. The second-order valence-electron chi connectivity index (χ2n) is 5.45. The highest BCUT2D eigenvalue weighted by atomic mass is 35.5. The van der Waals surface area contributed by atoms with Crippen molar-refractivity contribution in [1.82, 2.24) is 4.90 Å². The van der Waals surface area contributed by atoms with Gasteiger partial charge < -0.3 is 14.4 Å². The summed E-state index contributed by atoms with van der Waals surface area (Å²) in [7, 11) is 3.95. The van der Waals surface area contributed by atoms with Gasteiger partial charge in [-0.2, -0.15) is 0 Å².